The van der Waals surface area contributed by atoms with Gasteiger partial charge in [0.2, 0.25) is 0 Å². The summed E-state index contributed by atoms with van der Waals surface area (Å²) in [6, 6.07) is 7.69. The third-order valence-corrected chi connectivity index (χ3v) is 5.20. The van der Waals surface area contributed by atoms with Crippen LogP contribution in [0.5, 0.6) is 0 Å². The lowest BCUT2D eigenvalue weighted by Gasteiger charge is -2.33. The summed E-state index contributed by atoms with van der Waals surface area (Å²) in [4.78, 5) is 28.5. The van der Waals surface area contributed by atoms with Crippen LogP contribution in [0.25, 0.3) is 0 Å². The summed E-state index contributed by atoms with van der Waals surface area (Å²) < 4.78 is 5.71. The summed E-state index contributed by atoms with van der Waals surface area (Å²) in [5, 5.41) is 5.92. The van der Waals surface area contributed by atoms with Gasteiger partial charge in [-0.1, -0.05) is 6.07 Å². The van der Waals surface area contributed by atoms with Crippen molar-refractivity contribution >= 4 is 17.6 Å². The van der Waals surface area contributed by atoms with E-state index in [0.29, 0.717) is 24.7 Å². The minimum Gasteiger partial charge on any atom is -0.376 e. The van der Waals surface area contributed by atoms with Crippen molar-refractivity contribution in [3.8, 4) is 0 Å². The van der Waals surface area contributed by atoms with Gasteiger partial charge in [0.05, 0.1) is 12.7 Å². The maximum Gasteiger partial charge on any atom is 0.321 e. The smallest absolute Gasteiger partial charge is 0.321 e. The zero-order valence-corrected chi connectivity index (χ0v) is 14.4. The van der Waals surface area contributed by atoms with Gasteiger partial charge in [0.15, 0.2) is 0 Å². The number of rotatable bonds is 3. The fraction of sp³-hybridized carbons (Fsp3) is 0.556. The van der Waals surface area contributed by atoms with Crippen molar-refractivity contribution in [2.45, 2.75) is 31.5 Å². The molecular formula is C18H24N4O3. The first kappa shape index (κ1) is 16.4. The molecule has 3 aliphatic rings. The van der Waals surface area contributed by atoms with Gasteiger partial charge in [-0.05, 0) is 31.5 Å². The highest BCUT2D eigenvalue weighted by molar-refractivity contribution is 5.98. The molecule has 0 spiro atoms. The highest BCUT2D eigenvalue weighted by Gasteiger charge is 2.36. The average molecular weight is 344 g/mol. The highest BCUT2D eigenvalue weighted by atomic mass is 16.5. The van der Waals surface area contributed by atoms with Crippen LogP contribution in [0.2, 0.25) is 0 Å². The van der Waals surface area contributed by atoms with Gasteiger partial charge in [-0.2, -0.15) is 0 Å². The first-order chi connectivity index (χ1) is 12.1. The van der Waals surface area contributed by atoms with E-state index in [1.165, 1.54) is 0 Å². The Morgan fingerprint density at radius 2 is 2.24 bits per heavy atom. The van der Waals surface area contributed by atoms with E-state index in [1.807, 2.05) is 12.1 Å². The normalized spacial score (nSPS) is 29.4. The Bertz CT molecular complexity index is 680. The van der Waals surface area contributed by atoms with Gasteiger partial charge in [-0.3, -0.25) is 14.6 Å². The highest BCUT2D eigenvalue weighted by Crippen LogP contribution is 2.24. The average Bonchev–Trinajstić information content (AvgIpc) is 3.20. The Morgan fingerprint density at radius 3 is 3.04 bits per heavy atom. The van der Waals surface area contributed by atoms with Crippen LogP contribution in [0.4, 0.5) is 10.5 Å². The third kappa shape index (κ3) is 3.34. The summed E-state index contributed by atoms with van der Waals surface area (Å²) in [7, 11) is 0. The zero-order valence-electron chi connectivity index (χ0n) is 14.4. The molecule has 0 bridgehead atoms. The molecule has 7 nitrogen and oxygen atoms in total. The maximum absolute atomic E-state index is 12.6. The molecule has 0 radical (unpaired) electrons. The van der Waals surface area contributed by atoms with E-state index in [0.717, 1.165) is 31.8 Å². The molecule has 134 valence electrons. The predicted octanol–water partition coefficient (Wildman–Crippen LogP) is 0.808. The van der Waals surface area contributed by atoms with E-state index < -0.39 is 0 Å². The van der Waals surface area contributed by atoms with Crippen molar-refractivity contribution in [2.24, 2.45) is 0 Å². The predicted molar refractivity (Wildman–Crippen MR) is 93.8 cm³/mol. The minimum atomic E-state index is -0.112. The number of anilines is 1. The Hall–Kier alpha value is -2.12. The Balaban J connectivity index is 1.41. The molecule has 2 N–H and O–H groups in total. The van der Waals surface area contributed by atoms with Gasteiger partial charge < -0.3 is 15.4 Å². The van der Waals surface area contributed by atoms with Crippen molar-refractivity contribution < 1.29 is 14.3 Å². The topological polar surface area (TPSA) is 73.9 Å². The third-order valence-electron chi connectivity index (χ3n) is 5.20. The molecule has 1 aromatic rings. The number of carbonyl (C=O) groups is 2. The molecule has 25 heavy (non-hydrogen) atoms. The second-order valence-electron chi connectivity index (χ2n) is 7.09. The number of carbonyl (C=O) groups excluding carboxylic acids is 2. The molecular weight excluding hydrogens is 320 g/mol. The molecule has 3 aliphatic heterocycles. The molecule has 3 atom stereocenters. The van der Waals surface area contributed by atoms with Crippen LogP contribution in [0.15, 0.2) is 24.3 Å². The summed E-state index contributed by atoms with van der Waals surface area (Å²) in [5.41, 5.74) is 1.35. The fourth-order valence-corrected chi connectivity index (χ4v) is 3.95. The van der Waals surface area contributed by atoms with Crippen LogP contribution in [0, 0.1) is 0 Å². The fourth-order valence-electron chi connectivity index (χ4n) is 3.95. The van der Waals surface area contributed by atoms with Crippen molar-refractivity contribution in [1.29, 1.82) is 0 Å². The van der Waals surface area contributed by atoms with E-state index in [2.05, 4.69) is 22.5 Å². The maximum atomic E-state index is 12.6. The molecule has 3 fully saturated rings. The van der Waals surface area contributed by atoms with E-state index in [9.17, 15) is 9.59 Å². The quantitative estimate of drug-likeness (QED) is 0.851. The van der Waals surface area contributed by atoms with Crippen LogP contribution in [-0.4, -0.2) is 67.8 Å². The Morgan fingerprint density at radius 1 is 1.36 bits per heavy atom. The first-order valence-electron chi connectivity index (χ1n) is 8.92. The van der Waals surface area contributed by atoms with E-state index in [4.69, 9.17) is 4.74 Å². The number of nitrogens with one attached hydrogen (secondary N) is 2. The number of benzene rings is 1. The van der Waals surface area contributed by atoms with Gasteiger partial charge in [0, 0.05) is 49.5 Å². The van der Waals surface area contributed by atoms with E-state index >= 15 is 0 Å². The molecule has 0 aliphatic carbocycles. The van der Waals surface area contributed by atoms with Crippen LogP contribution in [0.1, 0.15) is 23.7 Å². The SMILES string of the molecule is C[C@H]1CN2C[C@@H](NC(=O)c3cccc(N4CCNC4=O)c3)C[C@H]2CO1. The summed E-state index contributed by atoms with van der Waals surface area (Å²) in [5.74, 6) is -0.0831. The molecule has 3 heterocycles. The second kappa shape index (κ2) is 6.65. The summed E-state index contributed by atoms with van der Waals surface area (Å²) in [6.07, 6.45) is 1.18. The summed E-state index contributed by atoms with van der Waals surface area (Å²) >= 11 is 0. The summed E-state index contributed by atoms with van der Waals surface area (Å²) in [6.45, 7) is 5.89. The number of nitrogens with zero attached hydrogens (tertiary/aromatic N) is 2. The Kier molecular flexibility index (Phi) is 4.35. The van der Waals surface area contributed by atoms with Crippen molar-refractivity contribution in [1.82, 2.24) is 15.5 Å². The van der Waals surface area contributed by atoms with Crippen LogP contribution < -0.4 is 15.5 Å². The molecule has 0 unspecified atom stereocenters. The minimum absolute atomic E-state index is 0.0831. The second-order valence-corrected chi connectivity index (χ2v) is 7.09. The van der Waals surface area contributed by atoms with Gasteiger partial charge in [-0.15, -0.1) is 0 Å². The van der Waals surface area contributed by atoms with Crippen molar-refractivity contribution in [2.75, 3.05) is 37.7 Å². The molecule has 4 rings (SSSR count). The Labute approximate surface area is 147 Å². The number of ether oxygens (including phenoxy) is 1. The van der Waals surface area contributed by atoms with Crippen LogP contribution in [0.3, 0.4) is 0 Å². The first-order valence-corrected chi connectivity index (χ1v) is 8.92. The van der Waals surface area contributed by atoms with Gasteiger partial charge >= 0.3 is 6.03 Å². The number of amides is 3. The number of fused-ring (bicyclic) bond motifs is 1. The molecule has 3 amide bonds. The van der Waals surface area contributed by atoms with Gasteiger partial charge in [0.25, 0.3) is 5.91 Å². The van der Waals surface area contributed by atoms with Gasteiger partial charge in [-0.25, -0.2) is 4.79 Å². The molecule has 3 saturated heterocycles. The van der Waals surface area contributed by atoms with Crippen molar-refractivity contribution in [3.05, 3.63) is 29.8 Å². The number of hydrogen-bond donors (Lipinski definition) is 2. The van der Waals surface area contributed by atoms with E-state index in [-0.39, 0.29) is 24.1 Å². The monoisotopic (exact) mass is 344 g/mol. The van der Waals surface area contributed by atoms with Crippen LogP contribution in [-0.2, 0) is 4.74 Å². The molecule has 0 aromatic heterocycles. The van der Waals surface area contributed by atoms with Crippen molar-refractivity contribution in [3.63, 3.8) is 0 Å². The largest absolute Gasteiger partial charge is 0.376 e. The molecule has 0 saturated carbocycles. The number of morpholine rings is 1. The molecule has 1 aromatic carbocycles. The standard InChI is InChI=1S/C18H24N4O3/c1-12-9-21-10-14(8-16(21)11-25-12)20-17(23)13-3-2-4-15(7-13)22-6-5-19-18(22)24/h2-4,7,12,14,16H,5-6,8-11H2,1H3,(H,19,24)(H,20,23)/t12-,14-,16-/m0/s1. The lowest BCUT2D eigenvalue weighted by molar-refractivity contribution is -0.0390. The van der Waals surface area contributed by atoms with Crippen LogP contribution >= 0.6 is 0 Å². The number of urea groups is 1. The zero-order chi connectivity index (χ0) is 17.4. The van der Waals surface area contributed by atoms with Gasteiger partial charge in [0.1, 0.15) is 0 Å². The molecule has 7 heteroatoms. The van der Waals surface area contributed by atoms with E-state index in [1.54, 1.807) is 17.0 Å². The number of hydrogen-bond acceptors (Lipinski definition) is 4. The lowest BCUT2D eigenvalue weighted by Crippen LogP contribution is -2.45. The lowest BCUT2D eigenvalue weighted by atomic mass is 10.1.